The Balaban J connectivity index is 1.16. The number of aryl methyl sites for hydroxylation is 1. The van der Waals surface area contributed by atoms with Gasteiger partial charge in [0.15, 0.2) is 5.88 Å². The Morgan fingerprint density at radius 3 is 2.68 bits per heavy atom. The number of aromatic hydroxyl groups is 1. The van der Waals surface area contributed by atoms with Gasteiger partial charge in [-0.05, 0) is 54.2 Å². The Morgan fingerprint density at radius 1 is 1.13 bits per heavy atom. The van der Waals surface area contributed by atoms with Crippen molar-refractivity contribution < 1.29 is 24.2 Å². The maximum atomic E-state index is 12.7. The maximum absolute atomic E-state index is 12.7. The van der Waals surface area contributed by atoms with Gasteiger partial charge in [-0.2, -0.15) is 0 Å². The van der Waals surface area contributed by atoms with Gasteiger partial charge in [0.25, 0.3) is 0 Å². The molecule has 0 spiro atoms. The van der Waals surface area contributed by atoms with Gasteiger partial charge in [-0.3, -0.25) is 24.6 Å². The number of carbonyl (C=O) groups is 3. The van der Waals surface area contributed by atoms with Gasteiger partial charge in [-0.1, -0.05) is 24.3 Å². The van der Waals surface area contributed by atoms with Gasteiger partial charge in [0.1, 0.15) is 6.04 Å². The summed E-state index contributed by atoms with van der Waals surface area (Å²) in [4.78, 5) is 38.8. The molecule has 2 saturated heterocycles. The maximum Gasteiger partial charge on any atom is 0.249 e. The molecule has 2 aliphatic rings. The number of nitrogens with zero attached hydrogens (tertiary/aromatic N) is 2. The minimum atomic E-state index is -0.627. The Kier molecular flexibility index (Phi) is 7.76. The molecular formula is C29H34N4O5. The number of imide groups is 1. The second kappa shape index (κ2) is 11.4. The lowest BCUT2D eigenvalue weighted by Gasteiger charge is -2.26. The van der Waals surface area contributed by atoms with Crippen molar-refractivity contribution in [1.29, 1.82) is 0 Å². The molecule has 3 heterocycles. The van der Waals surface area contributed by atoms with Crippen molar-refractivity contribution in [2.45, 2.75) is 45.2 Å². The highest BCUT2D eigenvalue weighted by molar-refractivity contribution is 6.00. The molecule has 2 aromatic carbocycles. The second-order valence-electron chi connectivity index (χ2n) is 10.2. The lowest BCUT2D eigenvalue weighted by molar-refractivity contribution is -0.135. The molecule has 0 bridgehead atoms. The molecule has 9 nitrogen and oxygen atoms in total. The van der Waals surface area contributed by atoms with E-state index in [0.717, 1.165) is 55.8 Å². The molecule has 1 unspecified atom stereocenters. The topological polar surface area (TPSA) is 113 Å². The van der Waals surface area contributed by atoms with Crippen LogP contribution in [0.5, 0.6) is 5.88 Å². The third-order valence-electron chi connectivity index (χ3n) is 7.49. The number of amides is 3. The Hall–Kier alpha value is -3.69. The predicted octanol–water partition coefficient (Wildman–Crippen LogP) is 2.37. The first-order valence-corrected chi connectivity index (χ1v) is 13.2. The number of benzene rings is 2. The van der Waals surface area contributed by atoms with E-state index < -0.39 is 11.9 Å². The van der Waals surface area contributed by atoms with Crippen LogP contribution in [0.15, 0.2) is 42.6 Å². The van der Waals surface area contributed by atoms with E-state index >= 15 is 0 Å². The van der Waals surface area contributed by atoms with Crippen LogP contribution in [0, 0.1) is 6.92 Å². The number of hydrogen-bond acceptors (Lipinski definition) is 6. The van der Waals surface area contributed by atoms with Crippen LogP contribution in [-0.2, 0) is 38.5 Å². The van der Waals surface area contributed by atoms with Crippen LogP contribution in [-0.4, -0.2) is 65.1 Å². The third-order valence-corrected chi connectivity index (χ3v) is 7.49. The number of rotatable bonds is 8. The molecule has 3 N–H and O–H groups in total. The van der Waals surface area contributed by atoms with Gasteiger partial charge in [-0.15, -0.1) is 0 Å². The van der Waals surface area contributed by atoms with Crippen molar-refractivity contribution >= 4 is 28.5 Å². The number of carbonyl (C=O) groups excluding carboxylic acids is 3. The summed E-state index contributed by atoms with van der Waals surface area (Å²) >= 11 is 0. The predicted molar refractivity (Wildman–Crippen MR) is 143 cm³/mol. The molecule has 200 valence electrons. The van der Waals surface area contributed by atoms with Crippen molar-refractivity contribution in [3.63, 3.8) is 0 Å². The lowest BCUT2D eigenvalue weighted by Crippen LogP contribution is -2.41. The first kappa shape index (κ1) is 25.9. The summed E-state index contributed by atoms with van der Waals surface area (Å²) in [6, 6.07) is 11.2. The fraction of sp³-hybridized carbons (Fsp3) is 0.414. The summed E-state index contributed by atoms with van der Waals surface area (Å²) in [5, 5.41) is 17.4. The van der Waals surface area contributed by atoms with Crippen LogP contribution in [0.3, 0.4) is 0 Å². The highest BCUT2D eigenvalue weighted by Gasteiger charge is 2.30. The lowest BCUT2D eigenvalue weighted by atomic mass is 10.0. The SMILES string of the molecule is Cc1cc(CC(=O)NCc2ccc3c(O)n(C4CCC(=O)NC4=O)cc3c2)ccc1CCN1CCOCC1. The summed E-state index contributed by atoms with van der Waals surface area (Å²) in [7, 11) is 0. The molecule has 1 atom stereocenters. The number of aromatic nitrogens is 1. The Labute approximate surface area is 221 Å². The Morgan fingerprint density at radius 2 is 1.92 bits per heavy atom. The molecule has 0 radical (unpaired) electrons. The number of hydrogen-bond donors (Lipinski definition) is 3. The van der Waals surface area contributed by atoms with E-state index in [1.807, 2.05) is 18.2 Å². The van der Waals surface area contributed by atoms with Crippen molar-refractivity contribution in [1.82, 2.24) is 20.1 Å². The summed E-state index contributed by atoms with van der Waals surface area (Å²) < 4.78 is 6.93. The number of piperidine rings is 1. The monoisotopic (exact) mass is 518 g/mol. The standard InChI is InChI=1S/C29H34N4O5/c1-19-14-20(2-4-22(19)8-9-32-10-12-38-13-11-32)16-27(35)30-17-21-3-5-24-23(15-21)18-33(29(24)37)25-6-7-26(34)31-28(25)36/h2-5,14-15,18,25,37H,6-13,16-17H2,1H3,(H,30,35)(H,31,34,36). The molecule has 2 aliphatic heterocycles. The van der Waals surface area contributed by atoms with Crippen LogP contribution in [0.4, 0.5) is 0 Å². The minimum Gasteiger partial charge on any atom is -0.494 e. The van der Waals surface area contributed by atoms with E-state index in [1.54, 1.807) is 12.3 Å². The van der Waals surface area contributed by atoms with Crippen LogP contribution < -0.4 is 10.6 Å². The van der Waals surface area contributed by atoms with Crippen molar-refractivity contribution in [2.75, 3.05) is 32.8 Å². The summed E-state index contributed by atoms with van der Waals surface area (Å²) in [6.07, 6.45) is 3.59. The minimum absolute atomic E-state index is 0.00570. The summed E-state index contributed by atoms with van der Waals surface area (Å²) in [6.45, 7) is 7.05. The zero-order valence-electron chi connectivity index (χ0n) is 21.7. The Bertz CT molecular complexity index is 1360. The van der Waals surface area contributed by atoms with Gasteiger partial charge in [0.2, 0.25) is 17.7 Å². The average Bonchev–Trinajstić information content (AvgIpc) is 3.23. The van der Waals surface area contributed by atoms with Crippen molar-refractivity contribution in [3.05, 3.63) is 64.8 Å². The van der Waals surface area contributed by atoms with Crippen LogP contribution in [0.2, 0.25) is 0 Å². The summed E-state index contributed by atoms with van der Waals surface area (Å²) in [5.74, 6) is -0.775. The second-order valence-corrected chi connectivity index (χ2v) is 10.2. The molecule has 5 rings (SSSR count). The van der Waals surface area contributed by atoms with E-state index in [2.05, 4.69) is 34.6 Å². The quantitative estimate of drug-likeness (QED) is 0.395. The highest BCUT2D eigenvalue weighted by Crippen LogP contribution is 2.33. The van der Waals surface area contributed by atoms with Gasteiger partial charge in [0.05, 0.1) is 19.6 Å². The van der Waals surface area contributed by atoms with E-state index in [0.29, 0.717) is 24.8 Å². The first-order chi connectivity index (χ1) is 18.4. The molecule has 3 aromatic rings. The van der Waals surface area contributed by atoms with Crippen molar-refractivity contribution in [3.8, 4) is 5.88 Å². The molecule has 2 fully saturated rings. The number of fused-ring (bicyclic) bond motifs is 1. The first-order valence-electron chi connectivity index (χ1n) is 13.2. The van der Waals surface area contributed by atoms with E-state index in [-0.39, 0.29) is 24.1 Å². The van der Waals surface area contributed by atoms with Gasteiger partial charge < -0.3 is 19.7 Å². The van der Waals surface area contributed by atoms with Gasteiger partial charge in [-0.25, -0.2) is 0 Å². The molecule has 38 heavy (non-hydrogen) atoms. The fourth-order valence-corrected chi connectivity index (χ4v) is 5.27. The van der Waals surface area contributed by atoms with Crippen LogP contribution >= 0.6 is 0 Å². The smallest absolute Gasteiger partial charge is 0.249 e. The zero-order valence-corrected chi connectivity index (χ0v) is 21.7. The number of morpholine rings is 1. The molecule has 1 aromatic heterocycles. The van der Waals surface area contributed by atoms with E-state index in [4.69, 9.17) is 4.74 Å². The normalized spacial score (nSPS) is 18.5. The van der Waals surface area contributed by atoms with Crippen molar-refractivity contribution in [2.24, 2.45) is 0 Å². The van der Waals surface area contributed by atoms with E-state index in [9.17, 15) is 19.5 Å². The van der Waals surface area contributed by atoms with Crippen LogP contribution in [0.25, 0.3) is 10.8 Å². The average molecular weight is 519 g/mol. The highest BCUT2D eigenvalue weighted by atomic mass is 16.5. The van der Waals surface area contributed by atoms with Gasteiger partial charge >= 0.3 is 0 Å². The molecule has 3 amide bonds. The third kappa shape index (κ3) is 5.89. The molecule has 0 aliphatic carbocycles. The van der Waals surface area contributed by atoms with Crippen LogP contribution in [0.1, 0.15) is 41.1 Å². The molecular weight excluding hydrogens is 484 g/mol. The van der Waals surface area contributed by atoms with E-state index in [1.165, 1.54) is 15.7 Å². The molecule has 9 heteroatoms. The molecule has 0 saturated carbocycles. The number of nitrogens with one attached hydrogen (secondary N) is 2. The fourth-order valence-electron chi connectivity index (χ4n) is 5.27. The zero-order chi connectivity index (χ0) is 26.6. The van der Waals surface area contributed by atoms with Gasteiger partial charge in [0, 0.05) is 49.6 Å². The largest absolute Gasteiger partial charge is 0.494 e. The number of ether oxygens (including phenoxy) is 1. The summed E-state index contributed by atoms with van der Waals surface area (Å²) in [5.41, 5.74) is 4.38.